The molecule has 1 heterocycles. The van der Waals surface area contributed by atoms with Gasteiger partial charge < -0.3 is 5.73 Å². The van der Waals surface area contributed by atoms with Crippen molar-refractivity contribution >= 4 is 0 Å². The van der Waals surface area contributed by atoms with Crippen molar-refractivity contribution in [3.05, 3.63) is 18.0 Å². The molecule has 0 aliphatic carbocycles. The Bertz CT molecular complexity index is 202. The summed E-state index contributed by atoms with van der Waals surface area (Å²) < 4.78 is 1.87. The quantitative estimate of drug-likeness (QED) is 0.662. The van der Waals surface area contributed by atoms with Gasteiger partial charge in [0.05, 0.1) is 6.20 Å². The lowest BCUT2D eigenvalue weighted by Gasteiger charge is -1.97. The van der Waals surface area contributed by atoms with Gasteiger partial charge in [-0.2, -0.15) is 5.10 Å². The highest BCUT2D eigenvalue weighted by Gasteiger charge is 2.00. The fourth-order valence-corrected chi connectivity index (χ4v) is 0.788. The van der Waals surface area contributed by atoms with Crippen LogP contribution < -0.4 is 5.73 Å². The summed E-state index contributed by atoms with van der Waals surface area (Å²) >= 11 is 0. The fourth-order valence-electron chi connectivity index (χ4n) is 0.788. The van der Waals surface area contributed by atoms with Crippen molar-refractivity contribution in [3.63, 3.8) is 0 Å². The first-order chi connectivity index (χ1) is 4.74. The van der Waals surface area contributed by atoms with Gasteiger partial charge in [0.2, 0.25) is 0 Å². The van der Waals surface area contributed by atoms with Gasteiger partial charge in [-0.15, -0.1) is 0 Å². The molecule has 0 aromatic carbocycles. The molecule has 2 N–H and O–H groups in total. The Morgan fingerprint density at radius 2 is 2.50 bits per heavy atom. The maximum absolute atomic E-state index is 5.63. The van der Waals surface area contributed by atoms with Gasteiger partial charge in [0, 0.05) is 24.3 Å². The molecule has 0 spiro atoms. The first-order valence-corrected chi connectivity index (χ1v) is 3.52. The van der Waals surface area contributed by atoms with Gasteiger partial charge in [0.25, 0.3) is 0 Å². The third-order valence-electron chi connectivity index (χ3n) is 1.50. The van der Waals surface area contributed by atoms with Crippen molar-refractivity contribution in [2.24, 2.45) is 5.73 Å². The lowest BCUT2D eigenvalue weighted by atomic mass is 10.2. The SMILES string of the molecule is CCn1cc([C@H](C)N)cn1. The van der Waals surface area contributed by atoms with Crippen molar-refractivity contribution in [3.8, 4) is 0 Å². The van der Waals surface area contributed by atoms with Crippen molar-refractivity contribution in [2.45, 2.75) is 26.4 Å². The predicted octanol–water partition coefficient (Wildman–Crippen LogP) is 0.923. The van der Waals surface area contributed by atoms with Gasteiger partial charge in [0.1, 0.15) is 0 Å². The van der Waals surface area contributed by atoms with E-state index >= 15 is 0 Å². The molecule has 0 unspecified atom stereocenters. The van der Waals surface area contributed by atoms with Crippen LogP contribution in [-0.2, 0) is 6.54 Å². The monoisotopic (exact) mass is 139 g/mol. The van der Waals surface area contributed by atoms with Crippen molar-refractivity contribution < 1.29 is 0 Å². The minimum atomic E-state index is 0.0975. The van der Waals surface area contributed by atoms with E-state index < -0.39 is 0 Å². The summed E-state index contributed by atoms with van der Waals surface area (Å²) in [6.07, 6.45) is 3.79. The Hall–Kier alpha value is -0.830. The van der Waals surface area contributed by atoms with Crippen LogP contribution in [0.2, 0.25) is 0 Å². The second kappa shape index (κ2) is 2.84. The molecule has 1 aromatic heterocycles. The molecule has 0 aliphatic rings. The Morgan fingerprint density at radius 1 is 1.80 bits per heavy atom. The molecule has 10 heavy (non-hydrogen) atoms. The van der Waals surface area contributed by atoms with Crippen LogP contribution in [0, 0.1) is 0 Å². The van der Waals surface area contributed by atoms with Crippen molar-refractivity contribution in [2.75, 3.05) is 0 Å². The topological polar surface area (TPSA) is 43.8 Å². The minimum absolute atomic E-state index is 0.0975. The van der Waals surface area contributed by atoms with Gasteiger partial charge in [0.15, 0.2) is 0 Å². The van der Waals surface area contributed by atoms with Crippen LogP contribution in [0.25, 0.3) is 0 Å². The molecule has 0 amide bonds. The zero-order valence-corrected chi connectivity index (χ0v) is 6.41. The molecule has 1 aromatic rings. The van der Waals surface area contributed by atoms with E-state index in [1.807, 2.05) is 24.0 Å². The van der Waals surface area contributed by atoms with Crippen LogP contribution in [0.4, 0.5) is 0 Å². The molecule has 0 radical (unpaired) electrons. The molecule has 1 atom stereocenters. The normalized spacial score (nSPS) is 13.5. The average Bonchev–Trinajstić information content (AvgIpc) is 2.34. The molecule has 3 heteroatoms. The van der Waals surface area contributed by atoms with Crippen LogP contribution >= 0.6 is 0 Å². The van der Waals surface area contributed by atoms with Crippen LogP contribution in [0.5, 0.6) is 0 Å². The molecule has 0 bridgehead atoms. The predicted molar refractivity (Wildman–Crippen MR) is 40.5 cm³/mol. The zero-order valence-electron chi connectivity index (χ0n) is 6.41. The van der Waals surface area contributed by atoms with E-state index in [2.05, 4.69) is 12.0 Å². The molecule has 1 rings (SSSR count). The summed E-state index contributed by atoms with van der Waals surface area (Å²) in [6, 6.07) is 0.0975. The summed E-state index contributed by atoms with van der Waals surface area (Å²) in [7, 11) is 0. The summed E-state index contributed by atoms with van der Waals surface area (Å²) in [6.45, 7) is 4.92. The average molecular weight is 139 g/mol. The first-order valence-electron chi connectivity index (χ1n) is 3.52. The Balaban J connectivity index is 2.78. The molecular weight excluding hydrogens is 126 g/mol. The van der Waals surface area contributed by atoms with Crippen LogP contribution in [0.15, 0.2) is 12.4 Å². The maximum atomic E-state index is 5.63. The van der Waals surface area contributed by atoms with Gasteiger partial charge in [-0.3, -0.25) is 4.68 Å². The molecule has 0 fully saturated rings. The Kier molecular flexibility index (Phi) is 2.06. The van der Waals surface area contributed by atoms with Gasteiger partial charge >= 0.3 is 0 Å². The van der Waals surface area contributed by atoms with Crippen LogP contribution in [0.3, 0.4) is 0 Å². The lowest BCUT2D eigenvalue weighted by Crippen LogP contribution is -2.03. The Labute approximate surface area is 60.8 Å². The van der Waals surface area contributed by atoms with Crippen molar-refractivity contribution in [1.82, 2.24) is 9.78 Å². The van der Waals surface area contributed by atoms with Crippen LogP contribution in [-0.4, -0.2) is 9.78 Å². The lowest BCUT2D eigenvalue weighted by molar-refractivity contribution is 0.658. The number of nitrogens with zero attached hydrogens (tertiary/aromatic N) is 2. The van der Waals surface area contributed by atoms with Crippen molar-refractivity contribution in [1.29, 1.82) is 0 Å². The van der Waals surface area contributed by atoms with E-state index in [4.69, 9.17) is 5.73 Å². The summed E-state index contributed by atoms with van der Waals surface area (Å²) in [5.41, 5.74) is 6.73. The highest BCUT2D eigenvalue weighted by Crippen LogP contribution is 2.06. The summed E-state index contributed by atoms with van der Waals surface area (Å²) in [5, 5.41) is 4.09. The third-order valence-corrected chi connectivity index (χ3v) is 1.50. The third kappa shape index (κ3) is 1.36. The Morgan fingerprint density at radius 3 is 2.80 bits per heavy atom. The van der Waals surface area contributed by atoms with E-state index in [0.717, 1.165) is 12.1 Å². The zero-order chi connectivity index (χ0) is 7.56. The molecular formula is C7H13N3. The number of hydrogen-bond donors (Lipinski definition) is 1. The van der Waals surface area contributed by atoms with E-state index in [1.165, 1.54) is 0 Å². The number of nitrogens with two attached hydrogens (primary N) is 1. The number of aryl methyl sites for hydroxylation is 1. The standard InChI is InChI=1S/C7H13N3/c1-3-10-5-7(4-9-10)6(2)8/h4-6H,3,8H2,1-2H3/t6-/m0/s1. The van der Waals surface area contributed by atoms with E-state index in [-0.39, 0.29) is 6.04 Å². The molecule has 3 nitrogen and oxygen atoms in total. The first kappa shape index (κ1) is 7.28. The highest BCUT2D eigenvalue weighted by molar-refractivity contribution is 5.07. The van der Waals surface area contributed by atoms with Gasteiger partial charge in [-0.05, 0) is 13.8 Å². The molecule has 0 aliphatic heterocycles. The van der Waals surface area contributed by atoms with Gasteiger partial charge in [-0.25, -0.2) is 0 Å². The minimum Gasteiger partial charge on any atom is -0.324 e. The second-order valence-corrected chi connectivity index (χ2v) is 2.42. The summed E-state index contributed by atoms with van der Waals surface area (Å²) in [5.74, 6) is 0. The summed E-state index contributed by atoms with van der Waals surface area (Å²) in [4.78, 5) is 0. The highest BCUT2D eigenvalue weighted by atomic mass is 15.3. The van der Waals surface area contributed by atoms with E-state index in [9.17, 15) is 0 Å². The fraction of sp³-hybridized carbons (Fsp3) is 0.571. The van der Waals surface area contributed by atoms with E-state index in [1.54, 1.807) is 0 Å². The van der Waals surface area contributed by atoms with Crippen LogP contribution in [0.1, 0.15) is 25.5 Å². The largest absolute Gasteiger partial charge is 0.324 e. The number of aromatic nitrogens is 2. The molecule has 56 valence electrons. The smallest absolute Gasteiger partial charge is 0.0537 e. The maximum Gasteiger partial charge on any atom is 0.0537 e. The number of hydrogen-bond acceptors (Lipinski definition) is 2. The number of rotatable bonds is 2. The van der Waals surface area contributed by atoms with Gasteiger partial charge in [-0.1, -0.05) is 0 Å². The van der Waals surface area contributed by atoms with E-state index in [0.29, 0.717) is 0 Å². The molecule has 0 saturated heterocycles. The molecule has 0 saturated carbocycles. The second-order valence-electron chi connectivity index (χ2n) is 2.42.